The Bertz CT molecular complexity index is 362. The zero-order valence-electron chi connectivity index (χ0n) is 14.8. The number of ether oxygens (including phenoxy) is 1. The van der Waals surface area contributed by atoms with Crippen LogP contribution < -0.4 is 10.6 Å². The fourth-order valence-electron chi connectivity index (χ4n) is 3.99. The maximum atomic E-state index is 12.6. The molecule has 0 radical (unpaired) electrons. The summed E-state index contributed by atoms with van der Waals surface area (Å²) in [5.41, 5.74) is -0.183. The maximum absolute atomic E-state index is 12.6. The molecule has 1 aliphatic carbocycles. The van der Waals surface area contributed by atoms with Gasteiger partial charge in [0.1, 0.15) is 5.60 Å². The first-order chi connectivity index (χ1) is 10.4. The highest BCUT2D eigenvalue weighted by Crippen LogP contribution is 2.39. The summed E-state index contributed by atoms with van der Waals surface area (Å²) in [4.78, 5) is 12.6. The Morgan fingerprint density at radius 2 is 1.77 bits per heavy atom. The Morgan fingerprint density at radius 1 is 1.18 bits per heavy atom. The predicted octanol–water partition coefficient (Wildman–Crippen LogP) is 2.72. The summed E-state index contributed by atoms with van der Waals surface area (Å²) in [5, 5.41) is 6.47. The molecule has 22 heavy (non-hydrogen) atoms. The zero-order valence-corrected chi connectivity index (χ0v) is 14.8. The van der Waals surface area contributed by atoms with E-state index in [1.165, 1.54) is 25.7 Å². The third-order valence-electron chi connectivity index (χ3n) is 5.84. The molecule has 0 atom stereocenters. The minimum absolute atomic E-state index is 0.0921. The highest BCUT2D eigenvalue weighted by molar-refractivity contribution is 5.85. The van der Waals surface area contributed by atoms with Crippen molar-refractivity contribution in [3.8, 4) is 0 Å². The Labute approximate surface area is 135 Å². The molecule has 0 aromatic heterocycles. The van der Waals surface area contributed by atoms with Gasteiger partial charge in [-0.15, -0.1) is 0 Å². The molecule has 2 rings (SSSR count). The first kappa shape index (κ1) is 17.7. The molecule has 1 aliphatic heterocycles. The molecule has 0 spiro atoms. The van der Waals surface area contributed by atoms with Gasteiger partial charge in [-0.1, -0.05) is 20.8 Å². The molecule has 0 unspecified atom stereocenters. The third kappa shape index (κ3) is 4.23. The van der Waals surface area contributed by atoms with Crippen molar-refractivity contribution in [2.45, 2.75) is 64.9 Å². The standard InChI is InChI=1S/C18H34N2O2/c1-17(2,3)15-7-5-14(6-8-15)13-20-16(21)18(22-4)9-11-19-12-10-18/h14-15,19H,5-13H2,1-4H3,(H,20,21). The summed E-state index contributed by atoms with van der Waals surface area (Å²) >= 11 is 0. The van der Waals surface area contributed by atoms with E-state index in [4.69, 9.17) is 4.74 Å². The van der Waals surface area contributed by atoms with Gasteiger partial charge in [0, 0.05) is 13.7 Å². The van der Waals surface area contributed by atoms with Crippen LogP contribution in [-0.4, -0.2) is 38.3 Å². The number of carbonyl (C=O) groups is 1. The van der Waals surface area contributed by atoms with E-state index >= 15 is 0 Å². The van der Waals surface area contributed by atoms with Gasteiger partial charge in [0.2, 0.25) is 0 Å². The van der Waals surface area contributed by atoms with Gasteiger partial charge in [0.15, 0.2) is 0 Å². The van der Waals surface area contributed by atoms with Crippen molar-refractivity contribution in [3.63, 3.8) is 0 Å². The first-order valence-electron chi connectivity index (χ1n) is 8.91. The molecule has 0 aromatic rings. The molecule has 1 heterocycles. The minimum atomic E-state index is -0.603. The number of methoxy groups -OCH3 is 1. The summed E-state index contributed by atoms with van der Waals surface area (Å²) < 4.78 is 5.59. The second kappa shape index (κ2) is 7.31. The SMILES string of the molecule is COC1(C(=O)NCC2CCC(C(C)(C)C)CC2)CCNCC1. The monoisotopic (exact) mass is 310 g/mol. The van der Waals surface area contributed by atoms with Crippen LogP contribution in [0, 0.1) is 17.3 Å². The second-order valence-corrected chi connectivity index (χ2v) is 8.24. The van der Waals surface area contributed by atoms with E-state index in [0.29, 0.717) is 11.3 Å². The van der Waals surface area contributed by atoms with Crippen LogP contribution in [0.4, 0.5) is 0 Å². The van der Waals surface area contributed by atoms with Crippen LogP contribution in [0.2, 0.25) is 0 Å². The summed E-state index contributed by atoms with van der Waals surface area (Å²) in [6, 6.07) is 0. The van der Waals surface area contributed by atoms with E-state index in [1.807, 2.05) is 0 Å². The normalized spacial score (nSPS) is 29.1. The summed E-state index contributed by atoms with van der Waals surface area (Å²) in [5.74, 6) is 1.56. The summed E-state index contributed by atoms with van der Waals surface area (Å²) in [6.45, 7) is 9.57. The largest absolute Gasteiger partial charge is 0.368 e. The molecule has 128 valence electrons. The van der Waals surface area contributed by atoms with Gasteiger partial charge in [0.05, 0.1) is 0 Å². The molecule has 1 saturated heterocycles. The molecule has 4 heteroatoms. The molecule has 0 bridgehead atoms. The van der Waals surface area contributed by atoms with Crippen molar-refractivity contribution in [2.24, 2.45) is 17.3 Å². The van der Waals surface area contributed by atoms with Crippen LogP contribution in [0.5, 0.6) is 0 Å². The quantitative estimate of drug-likeness (QED) is 0.839. The van der Waals surface area contributed by atoms with Crippen LogP contribution in [0.1, 0.15) is 59.3 Å². The molecule has 2 N–H and O–H groups in total. The van der Waals surface area contributed by atoms with E-state index in [-0.39, 0.29) is 5.91 Å². The van der Waals surface area contributed by atoms with Gasteiger partial charge in [-0.05, 0) is 68.9 Å². The number of piperidine rings is 1. The number of hydrogen-bond donors (Lipinski definition) is 2. The molecule has 4 nitrogen and oxygen atoms in total. The van der Waals surface area contributed by atoms with Gasteiger partial charge < -0.3 is 15.4 Å². The lowest BCUT2D eigenvalue weighted by Crippen LogP contribution is -2.54. The van der Waals surface area contributed by atoms with Crippen molar-refractivity contribution in [1.29, 1.82) is 0 Å². The van der Waals surface area contributed by atoms with E-state index in [9.17, 15) is 4.79 Å². The highest BCUT2D eigenvalue weighted by Gasteiger charge is 2.40. The van der Waals surface area contributed by atoms with E-state index in [2.05, 4.69) is 31.4 Å². The van der Waals surface area contributed by atoms with Crippen molar-refractivity contribution >= 4 is 5.91 Å². The fraction of sp³-hybridized carbons (Fsp3) is 0.944. The average Bonchev–Trinajstić information content (AvgIpc) is 2.52. The minimum Gasteiger partial charge on any atom is -0.368 e. The molecular weight excluding hydrogens is 276 g/mol. The lowest BCUT2D eigenvalue weighted by molar-refractivity contribution is -0.147. The molecular formula is C18H34N2O2. The topological polar surface area (TPSA) is 50.4 Å². The van der Waals surface area contributed by atoms with Gasteiger partial charge >= 0.3 is 0 Å². The third-order valence-corrected chi connectivity index (χ3v) is 5.84. The number of nitrogens with one attached hydrogen (secondary N) is 2. The van der Waals surface area contributed by atoms with Gasteiger partial charge in [0.25, 0.3) is 5.91 Å². The summed E-state index contributed by atoms with van der Waals surface area (Å²) in [6.07, 6.45) is 6.61. The van der Waals surface area contributed by atoms with Gasteiger partial charge in [-0.2, -0.15) is 0 Å². The van der Waals surface area contributed by atoms with Crippen LogP contribution in [0.15, 0.2) is 0 Å². The molecule has 0 aromatic carbocycles. The fourth-order valence-corrected chi connectivity index (χ4v) is 3.99. The zero-order chi connectivity index (χ0) is 16.2. The highest BCUT2D eigenvalue weighted by atomic mass is 16.5. The number of amides is 1. The van der Waals surface area contributed by atoms with Crippen LogP contribution in [0.25, 0.3) is 0 Å². The van der Waals surface area contributed by atoms with Crippen molar-refractivity contribution in [2.75, 3.05) is 26.7 Å². The van der Waals surface area contributed by atoms with Crippen molar-refractivity contribution in [3.05, 3.63) is 0 Å². The van der Waals surface area contributed by atoms with E-state index < -0.39 is 5.60 Å². The van der Waals surface area contributed by atoms with Crippen LogP contribution in [-0.2, 0) is 9.53 Å². The van der Waals surface area contributed by atoms with Crippen molar-refractivity contribution in [1.82, 2.24) is 10.6 Å². The Hall–Kier alpha value is -0.610. The second-order valence-electron chi connectivity index (χ2n) is 8.24. The maximum Gasteiger partial charge on any atom is 0.252 e. The van der Waals surface area contributed by atoms with E-state index in [1.54, 1.807) is 7.11 Å². The predicted molar refractivity (Wildman–Crippen MR) is 89.8 cm³/mol. The van der Waals surface area contributed by atoms with Gasteiger partial charge in [-0.25, -0.2) is 0 Å². The lowest BCUT2D eigenvalue weighted by Gasteiger charge is -2.38. The van der Waals surface area contributed by atoms with E-state index in [0.717, 1.165) is 38.4 Å². The number of hydrogen-bond acceptors (Lipinski definition) is 3. The Morgan fingerprint density at radius 3 is 2.27 bits per heavy atom. The molecule has 1 amide bonds. The molecule has 2 aliphatic rings. The number of rotatable bonds is 4. The van der Waals surface area contributed by atoms with Crippen molar-refractivity contribution < 1.29 is 9.53 Å². The summed E-state index contributed by atoms with van der Waals surface area (Å²) in [7, 11) is 1.67. The average molecular weight is 310 g/mol. The molecule has 1 saturated carbocycles. The smallest absolute Gasteiger partial charge is 0.252 e. The lowest BCUT2D eigenvalue weighted by atomic mass is 9.70. The Kier molecular flexibility index (Phi) is 5.89. The number of carbonyl (C=O) groups excluding carboxylic acids is 1. The Balaban J connectivity index is 1.77. The van der Waals surface area contributed by atoms with Gasteiger partial charge in [-0.3, -0.25) is 4.79 Å². The van der Waals surface area contributed by atoms with Crippen LogP contribution in [0.3, 0.4) is 0 Å². The van der Waals surface area contributed by atoms with Crippen LogP contribution >= 0.6 is 0 Å². The first-order valence-corrected chi connectivity index (χ1v) is 8.91. The molecule has 2 fully saturated rings.